The van der Waals surface area contributed by atoms with Crippen LogP contribution in [-0.2, 0) is 47.7 Å². The molecule has 190 valence electrons. The van der Waals surface area contributed by atoms with Gasteiger partial charge in [-0.05, 0) is 5.53 Å². The lowest BCUT2D eigenvalue weighted by Gasteiger charge is -2.47. The monoisotopic (exact) mass is 494 g/mol. The average Bonchev–Trinajstić information content (AvgIpc) is 2.73. The van der Waals surface area contributed by atoms with Gasteiger partial charge in [-0.15, -0.1) is 0 Å². The summed E-state index contributed by atoms with van der Waals surface area (Å²) in [4.78, 5) is 61.1. The maximum absolute atomic E-state index is 15.5. The second kappa shape index (κ2) is 12.1. The van der Waals surface area contributed by atoms with E-state index >= 15 is 8.78 Å². The molecule has 1 aliphatic rings. The Morgan fingerprint density at radius 3 is 2.15 bits per heavy atom. The molecule has 1 fully saturated rings. The number of alkyl halides is 2. The molecule has 1 rings (SSSR count). The molecule has 14 nitrogen and oxygen atoms in total. The number of carbonyl (C=O) groups is 5. The van der Waals surface area contributed by atoms with Crippen LogP contribution in [0, 0.1) is 0 Å². The fourth-order valence-corrected chi connectivity index (χ4v) is 3.25. The minimum atomic E-state index is -3.89. The largest absolute Gasteiger partial charge is 0.465 e. The molecule has 1 amide bonds. The third-order valence-electron chi connectivity index (χ3n) is 4.46. The van der Waals surface area contributed by atoms with Gasteiger partial charge in [0, 0.05) is 32.6 Å². The van der Waals surface area contributed by atoms with E-state index in [1.54, 1.807) is 0 Å². The van der Waals surface area contributed by atoms with Crippen LogP contribution >= 0.6 is 0 Å². The van der Waals surface area contributed by atoms with Gasteiger partial charge in [0.1, 0.15) is 12.7 Å². The number of carbonyl (C=O) groups excluding carboxylic acids is 5. The summed E-state index contributed by atoms with van der Waals surface area (Å²) < 4.78 is 54.9. The van der Waals surface area contributed by atoms with Crippen molar-refractivity contribution in [3.05, 3.63) is 10.4 Å². The van der Waals surface area contributed by atoms with Crippen LogP contribution in [0.1, 0.15) is 27.7 Å². The van der Waals surface area contributed by atoms with E-state index in [9.17, 15) is 24.0 Å². The average molecular weight is 494 g/mol. The van der Waals surface area contributed by atoms with Crippen LogP contribution in [0.5, 0.6) is 0 Å². The van der Waals surface area contributed by atoms with E-state index in [-0.39, 0.29) is 0 Å². The van der Waals surface area contributed by atoms with Crippen LogP contribution in [0.3, 0.4) is 0 Å². The highest BCUT2D eigenvalue weighted by atomic mass is 19.2. The van der Waals surface area contributed by atoms with Crippen LogP contribution in [0.2, 0.25) is 0 Å². The normalized spacial score (nSPS) is 27.7. The highest BCUT2D eigenvalue weighted by molar-refractivity contribution is 5.79. The Morgan fingerprint density at radius 1 is 1.12 bits per heavy atom. The molecule has 0 aromatic heterocycles. The predicted octanol–water partition coefficient (Wildman–Crippen LogP) is 0.172. The van der Waals surface area contributed by atoms with E-state index in [4.69, 9.17) is 24.5 Å². The third-order valence-corrected chi connectivity index (χ3v) is 4.46. The number of esters is 4. The topological polar surface area (TPSA) is 192 Å². The Labute approximate surface area is 191 Å². The van der Waals surface area contributed by atoms with Gasteiger partial charge < -0.3 is 29.0 Å². The number of hydrogen-bond donors (Lipinski definition) is 1. The maximum atomic E-state index is 15.5. The van der Waals surface area contributed by atoms with Gasteiger partial charge >= 0.3 is 29.7 Å². The second-order valence-corrected chi connectivity index (χ2v) is 7.07. The zero-order valence-electron chi connectivity index (χ0n) is 18.9. The van der Waals surface area contributed by atoms with Gasteiger partial charge in [-0.2, -0.15) is 4.39 Å². The Kier molecular flexibility index (Phi) is 10.1. The van der Waals surface area contributed by atoms with Crippen LogP contribution < -0.4 is 5.32 Å². The van der Waals surface area contributed by atoms with E-state index < -0.39 is 78.8 Å². The fraction of sp³-hybridized carbons (Fsp3) is 0.722. The molecule has 0 spiro atoms. The first-order chi connectivity index (χ1) is 15.8. The molecular formula is C18H24F2N4O10. The molecule has 0 aromatic carbocycles. The Hall–Kier alpha value is -3.52. The van der Waals surface area contributed by atoms with Crippen molar-refractivity contribution >= 4 is 29.8 Å². The summed E-state index contributed by atoms with van der Waals surface area (Å²) in [6, 6.07) is -3.88. The molecule has 1 heterocycles. The molecule has 0 bridgehead atoms. The number of rotatable bonds is 9. The fourth-order valence-electron chi connectivity index (χ4n) is 3.25. The van der Waals surface area contributed by atoms with Gasteiger partial charge in [-0.25, -0.2) is 9.18 Å². The van der Waals surface area contributed by atoms with Crippen LogP contribution in [0.4, 0.5) is 8.78 Å². The Balaban J connectivity index is 3.73. The lowest BCUT2D eigenvalue weighted by molar-refractivity contribution is -0.280. The van der Waals surface area contributed by atoms with Gasteiger partial charge in [-0.3, -0.25) is 19.2 Å². The molecule has 0 unspecified atom stereocenters. The van der Waals surface area contributed by atoms with Crippen LogP contribution in [-0.4, -0.2) is 85.9 Å². The van der Waals surface area contributed by atoms with Gasteiger partial charge in [0.25, 0.3) is 0 Å². The Bertz CT molecular complexity index is 868. The summed E-state index contributed by atoms with van der Waals surface area (Å²) in [5.41, 5.74) is 8.89. The number of nitrogens with zero attached hydrogens (tertiary/aromatic N) is 3. The van der Waals surface area contributed by atoms with Crippen molar-refractivity contribution < 1.29 is 56.4 Å². The van der Waals surface area contributed by atoms with Gasteiger partial charge in [0.05, 0.1) is 19.2 Å². The lowest BCUT2D eigenvalue weighted by atomic mass is 9.86. The minimum Gasteiger partial charge on any atom is -0.465 e. The van der Waals surface area contributed by atoms with E-state index in [0.717, 1.165) is 34.8 Å². The summed E-state index contributed by atoms with van der Waals surface area (Å²) in [6.07, 6.45) is -8.58. The van der Waals surface area contributed by atoms with Crippen LogP contribution in [0.25, 0.3) is 10.4 Å². The van der Waals surface area contributed by atoms with E-state index in [0.29, 0.717) is 0 Å². The van der Waals surface area contributed by atoms with Crippen molar-refractivity contribution in [2.75, 3.05) is 13.7 Å². The molecule has 1 N–H and O–H groups in total. The first-order valence-corrected chi connectivity index (χ1v) is 9.66. The molecule has 0 saturated carbocycles. The number of amides is 1. The maximum Gasteiger partial charge on any atom is 0.375 e. The molecule has 0 radical (unpaired) electrons. The molecule has 7 atom stereocenters. The molecule has 0 aromatic rings. The lowest BCUT2D eigenvalue weighted by Crippen LogP contribution is -2.71. The summed E-state index contributed by atoms with van der Waals surface area (Å²) in [7, 11) is 0.725. The first-order valence-electron chi connectivity index (χ1n) is 9.66. The number of hydrogen-bond acceptors (Lipinski definition) is 11. The van der Waals surface area contributed by atoms with E-state index in [2.05, 4.69) is 20.1 Å². The molecule has 34 heavy (non-hydrogen) atoms. The zero-order chi connectivity index (χ0) is 26.2. The highest BCUT2D eigenvalue weighted by Crippen LogP contribution is 2.39. The second-order valence-electron chi connectivity index (χ2n) is 7.07. The number of azide groups is 1. The van der Waals surface area contributed by atoms with Crippen molar-refractivity contribution in [3.63, 3.8) is 0 Å². The number of ether oxygens (including phenoxy) is 5. The third kappa shape index (κ3) is 6.99. The SMILES string of the molecule is COC(=O)[C@]1(F)O[C@@H]([C@@H](OC(C)=O)[C@H](COC(C)=O)OC(C)=O)[C@H](NC(C)=O)[C@@H](N=[N+]=[N-])[C@H]1F. The Morgan fingerprint density at radius 2 is 1.71 bits per heavy atom. The quantitative estimate of drug-likeness (QED) is 0.152. The highest BCUT2D eigenvalue weighted by Gasteiger charge is 2.64. The first kappa shape index (κ1) is 28.5. The standard InChI is InChI=1S/C18H24F2N4O10/c1-7(25)22-12-13(23-24-21)16(19)18(20,17(29)30-5)34-15(12)14(33-10(4)28)11(32-9(3)27)6-31-8(2)26/h11-16H,6H2,1-5H3,(H,22,25)/t11-,12+,13+,14-,15+,16+,18+/m0/s1. The van der Waals surface area contributed by atoms with Crippen LogP contribution in [0.15, 0.2) is 5.11 Å². The van der Waals surface area contributed by atoms with Crippen molar-refractivity contribution in [1.82, 2.24) is 5.32 Å². The molecule has 16 heteroatoms. The zero-order valence-corrected chi connectivity index (χ0v) is 18.9. The number of nitrogens with one attached hydrogen (secondary N) is 1. The summed E-state index contributed by atoms with van der Waals surface area (Å²) in [5, 5.41) is 5.34. The van der Waals surface area contributed by atoms with Gasteiger partial charge in [-0.1, -0.05) is 5.11 Å². The molecule has 0 aliphatic carbocycles. The van der Waals surface area contributed by atoms with Crippen molar-refractivity contribution in [2.45, 2.75) is 70.1 Å². The molecule has 1 aliphatic heterocycles. The summed E-state index contributed by atoms with van der Waals surface area (Å²) in [5.74, 6) is -9.44. The predicted molar refractivity (Wildman–Crippen MR) is 104 cm³/mol. The molecular weight excluding hydrogens is 470 g/mol. The summed E-state index contributed by atoms with van der Waals surface area (Å²) in [6.45, 7) is 3.11. The number of halogens is 2. The van der Waals surface area contributed by atoms with Gasteiger partial charge in [0.15, 0.2) is 18.4 Å². The van der Waals surface area contributed by atoms with E-state index in [1.165, 1.54) is 0 Å². The summed E-state index contributed by atoms with van der Waals surface area (Å²) >= 11 is 0. The number of methoxy groups -OCH3 is 1. The van der Waals surface area contributed by atoms with Crippen molar-refractivity contribution in [3.8, 4) is 0 Å². The smallest absolute Gasteiger partial charge is 0.375 e. The van der Waals surface area contributed by atoms with Crippen molar-refractivity contribution in [1.29, 1.82) is 0 Å². The van der Waals surface area contributed by atoms with E-state index in [1.807, 2.05) is 0 Å². The van der Waals surface area contributed by atoms with Gasteiger partial charge in [0.2, 0.25) is 5.91 Å². The van der Waals surface area contributed by atoms with Crippen molar-refractivity contribution in [2.24, 2.45) is 5.11 Å². The minimum absolute atomic E-state index is 0.725. The molecule has 1 saturated heterocycles.